The number of alkyl halides is 2. The van der Waals surface area contributed by atoms with Gasteiger partial charge in [0.2, 0.25) is 0 Å². The summed E-state index contributed by atoms with van der Waals surface area (Å²) in [5.41, 5.74) is 0.949. The third kappa shape index (κ3) is 4.68. The lowest BCUT2D eigenvalue weighted by Gasteiger charge is -2.32. The van der Waals surface area contributed by atoms with Crippen LogP contribution in [0.2, 0.25) is 0 Å². The molecule has 2 rings (SSSR count). The normalized spacial score (nSPS) is 17.6. The standard InChI is InChI=1S/C14H19BrF2N2O/c1-18-4-6-19(7-5-18)9-11-8-12(15)2-3-13(11)20-10-14(16)17/h2-3,8,14H,4-7,9-10H2,1H3. The van der Waals surface area contributed by atoms with Gasteiger partial charge in [-0.25, -0.2) is 8.78 Å². The van der Waals surface area contributed by atoms with E-state index in [9.17, 15) is 8.78 Å². The highest BCUT2D eigenvalue weighted by Gasteiger charge is 2.16. The second-order valence-electron chi connectivity index (χ2n) is 5.03. The SMILES string of the molecule is CN1CCN(Cc2cc(Br)ccc2OCC(F)F)CC1. The van der Waals surface area contributed by atoms with E-state index in [1.807, 2.05) is 12.1 Å². The molecule has 0 bridgehead atoms. The molecule has 0 saturated carbocycles. The Kier molecular flexibility index (Phi) is 5.74. The first-order valence-electron chi connectivity index (χ1n) is 6.65. The van der Waals surface area contributed by atoms with Crippen LogP contribution in [0.1, 0.15) is 5.56 Å². The van der Waals surface area contributed by atoms with Crippen LogP contribution in [0.3, 0.4) is 0 Å². The van der Waals surface area contributed by atoms with Gasteiger partial charge in [-0.3, -0.25) is 4.90 Å². The number of nitrogens with zero attached hydrogens (tertiary/aromatic N) is 2. The summed E-state index contributed by atoms with van der Waals surface area (Å²) in [5.74, 6) is 0.549. The number of rotatable bonds is 5. The third-order valence-corrected chi connectivity index (χ3v) is 3.87. The summed E-state index contributed by atoms with van der Waals surface area (Å²) in [6.07, 6.45) is -2.45. The van der Waals surface area contributed by atoms with Crippen molar-refractivity contribution in [1.82, 2.24) is 9.80 Å². The summed E-state index contributed by atoms with van der Waals surface area (Å²) in [4.78, 5) is 4.60. The van der Waals surface area contributed by atoms with E-state index < -0.39 is 13.0 Å². The van der Waals surface area contributed by atoms with Gasteiger partial charge in [-0.1, -0.05) is 15.9 Å². The summed E-state index contributed by atoms with van der Waals surface area (Å²) in [5, 5.41) is 0. The van der Waals surface area contributed by atoms with Gasteiger partial charge in [-0.05, 0) is 25.2 Å². The Morgan fingerprint density at radius 3 is 2.60 bits per heavy atom. The molecule has 6 heteroatoms. The lowest BCUT2D eigenvalue weighted by molar-refractivity contribution is 0.0803. The average molecular weight is 349 g/mol. The van der Waals surface area contributed by atoms with Crippen LogP contribution in [0, 0.1) is 0 Å². The Balaban J connectivity index is 2.02. The van der Waals surface area contributed by atoms with Gasteiger partial charge in [0.05, 0.1) is 0 Å². The van der Waals surface area contributed by atoms with Crippen LogP contribution in [0.4, 0.5) is 8.78 Å². The van der Waals surface area contributed by atoms with Gasteiger partial charge < -0.3 is 9.64 Å². The van der Waals surface area contributed by atoms with E-state index in [4.69, 9.17) is 4.74 Å². The molecule has 0 aromatic heterocycles. The van der Waals surface area contributed by atoms with Crippen LogP contribution >= 0.6 is 15.9 Å². The highest BCUT2D eigenvalue weighted by Crippen LogP contribution is 2.25. The summed E-state index contributed by atoms with van der Waals surface area (Å²) >= 11 is 3.42. The van der Waals surface area contributed by atoms with Crippen molar-refractivity contribution in [2.45, 2.75) is 13.0 Å². The van der Waals surface area contributed by atoms with Crippen molar-refractivity contribution in [2.24, 2.45) is 0 Å². The zero-order chi connectivity index (χ0) is 14.5. The van der Waals surface area contributed by atoms with E-state index in [0.29, 0.717) is 5.75 Å². The van der Waals surface area contributed by atoms with Gasteiger partial charge in [0, 0.05) is 42.8 Å². The van der Waals surface area contributed by atoms with Crippen molar-refractivity contribution in [3.8, 4) is 5.75 Å². The number of hydrogen-bond donors (Lipinski definition) is 0. The number of halogens is 3. The molecule has 0 amide bonds. The van der Waals surface area contributed by atoms with Crippen LogP contribution in [0.25, 0.3) is 0 Å². The van der Waals surface area contributed by atoms with E-state index in [2.05, 4.69) is 32.8 Å². The molecule has 1 aromatic carbocycles. The predicted octanol–water partition coefficient (Wildman–Crippen LogP) is 2.84. The summed E-state index contributed by atoms with van der Waals surface area (Å²) < 4.78 is 30.7. The Morgan fingerprint density at radius 1 is 1.25 bits per heavy atom. The van der Waals surface area contributed by atoms with Gasteiger partial charge >= 0.3 is 0 Å². The lowest BCUT2D eigenvalue weighted by Crippen LogP contribution is -2.43. The molecule has 0 aliphatic carbocycles. The zero-order valence-electron chi connectivity index (χ0n) is 11.5. The molecular formula is C14H19BrF2N2O. The Morgan fingerprint density at radius 2 is 1.95 bits per heavy atom. The maximum absolute atomic E-state index is 12.3. The number of likely N-dealkylation sites (N-methyl/N-ethyl adjacent to an activating group) is 1. The van der Waals surface area contributed by atoms with Gasteiger partial charge in [0.1, 0.15) is 12.4 Å². The van der Waals surface area contributed by atoms with Gasteiger partial charge in [0.15, 0.2) is 0 Å². The highest BCUT2D eigenvalue weighted by atomic mass is 79.9. The van der Waals surface area contributed by atoms with Gasteiger partial charge in [0.25, 0.3) is 6.43 Å². The molecule has 1 heterocycles. The minimum Gasteiger partial charge on any atom is -0.487 e. The second-order valence-corrected chi connectivity index (χ2v) is 5.95. The largest absolute Gasteiger partial charge is 0.487 e. The van der Waals surface area contributed by atoms with E-state index >= 15 is 0 Å². The van der Waals surface area contributed by atoms with E-state index in [0.717, 1.165) is 42.8 Å². The third-order valence-electron chi connectivity index (χ3n) is 3.38. The van der Waals surface area contributed by atoms with E-state index in [1.165, 1.54) is 0 Å². The Bertz CT molecular complexity index is 437. The molecular weight excluding hydrogens is 330 g/mol. The second kappa shape index (κ2) is 7.33. The summed E-state index contributed by atoms with van der Waals surface area (Å²) in [7, 11) is 2.10. The van der Waals surface area contributed by atoms with Crippen molar-refractivity contribution in [2.75, 3.05) is 39.8 Å². The molecule has 3 nitrogen and oxygen atoms in total. The van der Waals surface area contributed by atoms with E-state index in [-0.39, 0.29) is 0 Å². The van der Waals surface area contributed by atoms with Crippen molar-refractivity contribution in [3.05, 3.63) is 28.2 Å². The fourth-order valence-corrected chi connectivity index (χ4v) is 2.62. The fraction of sp³-hybridized carbons (Fsp3) is 0.571. The van der Waals surface area contributed by atoms with Crippen LogP contribution in [0.5, 0.6) is 5.75 Å². The number of benzene rings is 1. The Hall–Kier alpha value is -0.720. The van der Waals surface area contributed by atoms with Crippen LogP contribution in [-0.4, -0.2) is 56.1 Å². The molecule has 112 valence electrons. The average Bonchev–Trinajstić information content (AvgIpc) is 2.40. The van der Waals surface area contributed by atoms with Crippen LogP contribution in [0.15, 0.2) is 22.7 Å². The minimum atomic E-state index is -2.45. The molecule has 1 fully saturated rings. The van der Waals surface area contributed by atoms with Gasteiger partial charge in [-0.15, -0.1) is 0 Å². The molecule has 1 saturated heterocycles. The highest BCUT2D eigenvalue weighted by molar-refractivity contribution is 9.10. The molecule has 20 heavy (non-hydrogen) atoms. The molecule has 1 aliphatic rings. The molecule has 0 atom stereocenters. The molecule has 0 N–H and O–H groups in total. The fourth-order valence-electron chi connectivity index (χ4n) is 2.21. The first-order valence-corrected chi connectivity index (χ1v) is 7.44. The summed E-state index contributed by atoms with van der Waals surface area (Å²) in [6.45, 7) is 4.19. The molecule has 1 aliphatic heterocycles. The van der Waals surface area contributed by atoms with Crippen molar-refractivity contribution in [3.63, 3.8) is 0 Å². The molecule has 0 radical (unpaired) electrons. The molecule has 0 unspecified atom stereocenters. The molecule has 1 aromatic rings. The Labute approximate surface area is 126 Å². The topological polar surface area (TPSA) is 15.7 Å². The quantitative estimate of drug-likeness (QED) is 0.813. The number of ether oxygens (including phenoxy) is 1. The predicted molar refractivity (Wildman–Crippen MR) is 78.4 cm³/mol. The molecule has 0 spiro atoms. The number of hydrogen-bond acceptors (Lipinski definition) is 3. The summed E-state index contributed by atoms with van der Waals surface area (Å²) in [6, 6.07) is 5.51. The zero-order valence-corrected chi connectivity index (χ0v) is 13.1. The van der Waals surface area contributed by atoms with Crippen molar-refractivity contribution in [1.29, 1.82) is 0 Å². The number of piperazine rings is 1. The van der Waals surface area contributed by atoms with Crippen molar-refractivity contribution >= 4 is 15.9 Å². The van der Waals surface area contributed by atoms with Crippen molar-refractivity contribution < 1.29 is 13.5 Å². The van der Waals surface area contributed by atoms with Crippen LogP contribution in [-0.2, 0) is 6.54 Å². The monoisotopic (exact) mass is 348 g/mol. The van der Waals surface area contributed by atoms with Crippen LogP contribution < -0.4 is 4.74 Å². The first kappa shape index (κ1) is 15.7. The maximum Gasteiger partial charge on any atom is 0.272 e. The lowest BCUT2D eigenvalue weighted by atomic mass is 10.1. The van der Waals surface area contributed by atoms with Gasteiger partial charge in [-0.2, -0.15) is 0 Å². The van der Waals surface area contributed by atoms with E-state index in [1.54, 1.807) is 6.07 Å². The minimum absolute atomic E-state index is 0.549. The smallest absolute Gasteiger partial charge is 0.272 e. The first-order chi connectivity index (χ1) is 9.54. The maximum atomic E-state index is 12.3.